The molecule has 0 radical (unpaired) electrons. The second kappa shape index (κ2) is 7.04. The van der Waals surface area contributed by atoms with Crippen molar-refractivity contribution >= 4 is 67.8 Å². The SMILES string of the molecule is Cc1ccc(N(C(=O)c2ccsc2)c2sccc2C(=O)O)cc1I. The van der Waals surface area contributed by atoms with Gasteiger partial charge in [0.15, 0.2) is 0 Å². The summed E-state index contributed by atoms with van der Waals surface area (Å²) in [5, 5.41) is 15.1. The number of rotatable bonds is 4. The summed E-state index contributed by atoms with van der Waals surface area (Å²) in [7, 11) is 0. The summed E-state index contributed by atoms with van der Waals surface area (Å²) in [6.07, 6.45) is 0. The smallest absolute Gasteiger partial charge is 0.338 e. The molecule has 7 heteroatoms. The van der Waals surface area contributed by atoms with E-state index in [9.17, 15) is 14.7 Å². The van der Waals surface area contributed by atoms with Gasteiger partial charge in [0.25, 0.3) is 5.91 Å². The molecule has 3 aromatic rings. The quantitative estimate of drug-likeness (QED) is 0.521. The molecule has 3 rings (SSSR count). The molecule has 0 fully saturated rings. The van der Waals surface area contributed by atoms with Gasteiger partial charge < -0.3 is 5.11 Å². The summed E-state index contributed by atoms with van der Waals surface area (Å²) >= 11 is 4.89. The molecule has 0 saturated carbocycles. The van der Waals surface area contributed by atoms with Crippen LogP contribution in [0.2, 0.25) is 0 Å². The first-order chi connectivity index (χ1) is 11.5. The summed E-state index contributed by atoms with van der Waals surface area (Å²) in [4.78, 5) is 26.0. The summed E-state index contributed by atoms with van der Waals surface area (Å²) in [6.45, 7) is 1.99. The van der Waals surface area contributed by atoms with Crippen LogP contribution in [0.4, 0.5) is 10.7 Å². The number of aryl methyl sites for hydroxylation is 1. The Hall–Kier alpha value is -1.71. The molecule has 122 valence electrons. The lowest BCUT2D eigenvalue weighted by molar-refractivity contribution is 0.0698. The van der Waals surface area contributed by atoms with Crippen LogP contribution in [-0.2, 0) is 0 Å². The molecular formula is C17H12INO3S2. The number of carbonyl (C=O) groups is 2. The molecule has 1 N–H and O–H groups in total. The molecule has 4 nitrogen and oxygen atoms in total. The van der Waals surface area contributed by atoms with E-state index in [-0.39, 0.29) is 11.5 Å². The van der Waals surface area contributed by atoms with E-state index in [1.165, 1.54) is 33.6 Å². The highest BCUT2D eigenvalue weighted by atomic mass is 127. The topological polar surface area (TPSA) is 57.6 Å². The zero-order valence-electron chi connectivity index (χ0n) is 12.5. The predicted octanol–water partition coefficient (Wildman–Crippen LogP) is 5.40. The van der Waals surface area contributed by atoms with Gasteiger partial charge in [0.1, 0.15) is 5.00 Å². The number of aromatic carboxylic acids is 1. The normalized spacial score (nSPS) is 10.6. The molecule has 0 bridgehead atoms. The van der Waals surface area contributed by atoms with E-state index in [0.717, 1.165) is 9.13 Å². The molecular weight excluding hydrogens is 457 g/mol. The van der Waals surface area contributed by atoms with Gasteiger partial charge in [0.05, 0.1) is 16.8 Å². The Labute approximate surface area is 160 Å². The second-order valence-electron chi connectivity index (χ2n) is 5.03. The zero-order chi connectivity index (χ0) is 17.3. The molecule has 24 heavy (non-hydrogen) atoms. The Kier molecular flexibility index (Phi) is 5.02. The van der Waals surface area contributed by atoms with Crippen molar-refractivity contribution in [1.29, 1.82) is 0 Å². The predicted molar refractivity (Wildman–Crippen MR) is 106 cm³/mol. The van der Waals surface area contributed by atoms with Crippen LogP contribution in [-0.4, -0.2) is 17.0 Å². The number of benzene rings is 1. The number of hydrogen-bond donors (Lipinski definition) is 1. The molecule has 0 unspecified atom stereocenters. The van der Waals surface area contributed by atoms with Gasteiger partial charge in [-0.3, -0.25) is 9.69 Å². The largest absolute Gasteiger partial charge is 0.478 e. The molecule has 0 aliphatic heterocycles. The second-order valence-corrected chi connectivity index (χ2v) is 7.87. The number of thiophene rings is 2. The van der Waals surface area contributed by atoms with E-state index in [4.69, 9.17) is 0 Å². The van der Waals surface area contributed by atoms with E-state index in [1.54, 1.807) is 16.8 Å². The fourth-order valence-corrected chi connectivity index (χ4v) is 4.24. The number of hydrogen-bond acceptors (Lipinski definition) is 4. The average molecular weight is 469 g/mol. The number of carboxylic acid groups (broad SMARTS) is 1. The molecule has 0 atom stereocenters. The van der Waals surface area contributed by atoms with Crippen LogP contribution in [0.5, 0.6) is 0 Å². The molecule has 0 aliphatic rings. The Bertz CT molecular complexity index is 902. The number of nitrogens with zero attached hydrogens (tertiary/aromatic N) is 1. The van der Waals surface area contributed by atoms with Gasteiger partial charge in [-0.2, -0.15) is 11.3 Å². The minimum atomic E-state index is -1.05. The Morgan fingerprint density at radius 2 is 1.96 bits per heavy atom. The van der Waals surface area contributed by atoms with Crippen molar-refractivity contribution in [1.82, 2.24) is 0 Å². The van der Waals surface area contributed by atoms with E-state index >= 15 is 0 Å². The molecule has 0 spiro atoms. The third-order valence-corrected chi connectivity index (χ3v) is 6.21. The van der Waals surface area contributed by atoms with Crippen molar-refractivity contribution < 1.29 is 14.7 Å². The van der Waals surface area contributed by atoms with E-state index in [0.29, 0.717) is 16.3 Å². The van der Waals surface area contributed by atoms with Gasteiger partial charge in [-0.1, -0.05) is 6.07 Å². The van der Waals surface area contributed by atoms with Gasteiger partial charge in [0.2, 0.25) is 0 Å². The first-order valence-electron chi connectivity index (χ1n) is 6.92. The van der Waals surface area contributed by atoms with Crippen LogP contribution in [0.3, 0.4) is 0 Å². The summed E-state index contributed by atoms with van der Waals surface area (Å²) in [5.41, 5.74) is 2.43. The Morgan fingerprint density at radius 1 is 1.17 bits per heavy atom. The maximum absolute atomic E-state index is 13.0. The maximum Gasteiger partial charge on any atom is 0.338 e. The van der Waals surface area contributed by atoms with E-state index in [2.05, 4.69) is 22.6 Å². The molecule has 0 aliphatic carbocycles. The Balaban J connectivity index is 2.17. The Morgan fingerprint density at radius 3 is 2.58 bits per heavy atom. The standard InChI is InChI=1S/C17H12INO3S2/c1-10-2-3-12(8-14(10)18)19(15(20)11-4-6-23-9-11)16-13(17(21)22)5-7-24-16/h2-9H,1H3,(H,21,22). The number of amides is 1. The average Bonchev–Trinajstić information content (AvgIpc) is 3.22. The summed E-state index contributed by atoms with van der Waals surface area (Å²) < 4.78 is 1.02. The van der Waals surface area contributed by atoms with Gasteiger partial charge in [-0.15, -0.1) is 11.3 Å². The lowest BCUT2D eigenvalue weighted by Gasteiger charge is -2.22. The molecule has 2 heterocycles. The molecule has 2 aromatic heterocycles. The first kappa shape index (κ1) is 17.1. The van der Waals surface area contributed by atoms with Crippen LogP contribution < -0.4 is 4.90 Å². The van der Waals surface area contributed by atoms with Crippen molar-refractivity contribution in [2.75, 3.05) is 4.90 Å². The number of carboxylic acids is 1. The van der Waals surface area contributed by atoms with E-state index < -0.39 is 5.97 Å². The third-order valence-electron chi connectivity index (χ3n) is 3.46. The lowest BCUT2D eigenvalue weighted by atomic mass is 10.2. The number of halogens is 1. The monoisotopic (exact) mass is 469 g/mol. The third kappa shape index (κ3) is 3.24. The highest BCUT2D eigenvalue weighted by molar-refractivity contribution is 14.1. The van der Waals surface area contributed by atoms with Gasteiger partial charge >= 0.3 is 5.97 Å². The number of carbonyl (C=O) groups excluding carboxylic acids is 1. The minimum absolute atomic E-state index is 0.124. The van der Waals surface area contributed by atoms with Gasteiger partial charge in [0, 0.05) is 8.95 Å². The van der Waals surface area contributed by atoms with E-state index in [1.807, 2.05) is 30.5 Å². The van der Waals surface area contributed by atoms with Gasteiger partial charge in [-0.25, -0.2) is 4.79 Å². The van der Waals surface area contributed by atoms with Crippen molar-refractivity contribution in [2.45, 2.75) is 6.92 Å². The highest BCUT2D eigenvalue weighted by Crippen LogP contribution is 2.36. The van der Waals surface area contributed by atoms with Crippen LogP contribution in [0.15, 0.2) is 46.5 Å². The zero-order valence-corrected chi connectivity index (χ0v) is 16.3. The minimum Gasteiger partial charge on any atom is -0.478 e. The summed E-state index contributed by atoms with van der Waals surface area (Å²) in [5.74, 6) is -1.28. The van der Waals surface area contributed by atoms with Gasteiger partial charge in [-0.05, 0) is 70.1 Å². The van der Waals surface area contributed by atoms with Crippen LogP contribution in [0.25, 0.3) is 0 Å². The lowest BCUT2D eigenvalue weighted by Crippen LogP contribution is -2.26. The van der Waals surface area contributed by atoms with Crippen molar-refractivity contribution in [2.24, 2.45) is 0 Å². The fourth-order valence-electron chi connectivity index (χ4n) is 2.20. The maximum atomic E-state index is 13.0. The molecule has 0 saturated heterocycles. The van der Waals surface area contributed by atoms with Crippen molar-refractivity contribution in [3.8, 4) is 0 Å². The highest BCUT2D eigenvalue weighted by Gasteiger charge is 2.26. The number of anilines is 2. The van der Waals surface area contributed by atoms with Crippen molar-refractivity contribution in [3.63, 3.8) is 0 Å². The fraction of sp³-hybridized carbons (Fsp3) is 0.0588. The van der Waals surface area contributed by atoms with Crippen LogP contribution in [0.1, 0.15) is 26.3 Å². The van der Waals surface area contributed by atoms with Crippen molar-refractivity contribution in [3.05, 3.63) is 66.7 Å². The first-order valence-corrected chi connectivity index (χ1v) is 9.82. The summed E-state index contributed by atoms with van der Waals surface area (Å²) in [6, 6.07) is 8.93. The molecule has 1 aromatic carbocycles. The molecule has 1 amide bonds. The van der Waals surface area contributed by atoms with Crippen LogP contribution >= 0.6 is 45.3 Å². The van der Waals surface area contributed by atoms with Crippen LogP contribution in [0, 0.1) is 10.5 Å².